The number of rotatable bonds is 13. The van der Waals surface area contributed by atoms with Crippen LogP contribution in [0.1, 0.15) is 140 Å². The summed E-state index contributed by atoms with van der Waals surface area (Å²) in [6.07, 6.45) is 15.8. The van der Waals surface area contributed by atoms with Crippen LogP contribution < -0.4 is 0 Å². The van der Waals surface area contributed by atoms with Crippen LogP contribution in [0, 0.1) is 11.3 Å². The molecule has 3 aliphatic rings. The van der Waals surface area contributed by atoms with Crippen molar-refractivity contribution in [3.63, 3.8) is 0 Å². The van der Waals surface area contributed by atoms with Crippen molar-refractivity contribution in [3.05, 3.63) is 47.1 Å². The molecule has 3 rings (SSSR count). The second kappa shape index (κ2) is 15.4. The van der Waals surface area contributed by atoms with Gasteiger partial charge in [-0.1, -0.05) is 105 Å². The summed E-state index contributed by atoms with van der Waals surface area (Å²) < 4.78 is 27.4. The number of fused-ring (bicyclic) bond motifs is 1. The van der Waals surface area contributed by atoms with Crippen molar-refractivity contribution >= 4 is 22.6 Å². The van der Waals surface area contributed by atoms with Crippen molar-refractivity contribution in [2.24, 2.45) is 11.3 Å². The van der Waals surface area contributed by atoms with Crippen LogP contribution in [-0.2, 0) is 23.1 Å². The van der Waals surface area contributed by atoms with Gasteiger partial charge in [0.25, 0.3) is 0 Å². The standard InChI is InChI=1S/C42H74O5Si2/c1-17-34-24-25-35-32(21-20-27-41(34,35)12)22-23-33-29-42(47-49(15,16)39(8,9)10,44-28-26-37(43)45-40(11,18-2)19-3)30-36(31(33)4)46-48(13,14)38(5,6)7/h22-24,35-36H,4,17-21,25-30H2,1-3,5-16H3/t35-,36-,41+,42+/m0/s1. The molecule has 0 aromatic heterocycles. The van der Waals surface area contributed by atoms with Gasteiger partial charge < -0.3 is 18.3 Å². The molecule has 0 saturated heterocycles. The summed E-state index contributed by atoms with van der Waals surface area (Å²) in [6.45, 7) is 38.8. The van der Waals surface area contributed by atoms with E-state index < -0.39 is 28.0 Å². The van der Waals surface area contributed by atoms with Gasteiger partial charge >= 0.3 is 5.97 Å². The van der Waals surface area contributed by atoms with Crippen LogP contribution in [0.4, 0.5) is 0 Å². The predicted octanol–water partition coefficient (Wildman–Crippen LogP) is 12.4. The maximum absolute atomic E-state index is 13.1. The summed E-state index contributed by atoms with van der Waals surface area (Å²) in [5.74, 6) is -0.594. The third-order valence-corrected chi connectivity index (χ3v) is 22.3. The number of hydrogen-bond acceptors (Lipinski definition) is 5. The lowest BCUT2D eigenvalue weighted by Crippen LogP contribution is -2.56. The molecule has 0 radical (unpaired) electrons. The van der Waals surface area contributed by atoms with E-state index in [9.17, 15) is 4.79 Å². The lowest BCUT2D eigenvalue weighted by molar-refractivity contribution is -0.211. The molecule has 0 aliphatic heterocycles. The average molecular weight is 715 g/mol. The number of hydrogen-bond donors (Lipinski definition) is 0. The highest BCUT2D eigenvalue weighted by molar-refractivity contribution is 6.74. The van der Waals surface area contributed by atoms with Gasteiger partial charge in [0.2, 0.25) is 0 Å². The highest BCUT2D eigenvalue weighted by Crippen LogP contribution is 2.56. The Kier molecular flexibility index (Phi) is 13.2. The van der Waals surface area contributed by atoms with Crippen LogP contribution in [0.2, 0.25) is 36.3 Å². The van der Waals surface area contributed by atoms with Gasteiger partial charge in [-0.2, -0.15) is 0 Å². The quantitative estimate of drug-likeness (QED) is 0.0823. The largest absolute Gasteiger partial charge is 0.459 e. The van der Waals surface area contributed by atoms with Crippen LogP contribution in [0.25, 0.3) is 0 Å². The molecule has 0 spiro atoms. The van der Waals surface area contributed by atoms with Crippen LogP contribution in [0.3, 0.4) is 0 Å². The molecule has 0 amide bonds. The minimum atomic E-state index is -2.33. The van der Waals surface area contributed by atoms with E-state index in [4.69, 9.17) is 24.9 Å². The maximum Gasteiger partial charge on any atom is 0.308 e. The molecular weight excluding hydrogens is 641 g/mol. The Labute approximate surface area is 304 Å². The Hall–Kier alpha value is -1.26. The fourth-order valence-electron chi connectivity index (χ4n) is 7.44. The lowest BCUT2D eigenvalue weighted by atomic mass is 9.64. The van der Waals surface area contributed by atoms with Gasteiger partial charge in [0.1, 0.15) is 5.60 Å². The van der Waals surface area contributed by atoms with Crippen molar-refractivity contribution in [1.29, 1.82) is 0 Å². The van der Waals surface area contributed by atoms with E-state index >= 15 is 0 Å². The molecule has 49 heavy (non-hydrogen) atoms. The Balaban J connectivity index is 2.07. The first-order valence-corrected chi connectivity index (χ1v) is 25.2. The van der Waals surface area contributed by atoms with Crippen molar-refractivity contribution in [1.82, 2.24) is 0 Å². The summed E-state index contributed by atoms with van der Waals surface area (Å²) in [4.78, 5) is 13.1. The molecule has 0 aromatic rings. The van der Waals surface area contributed by atoms with Gasteiger partial charge in [-0.25, -0.2) is 0 Å². The van der Waals surface area contributed by atoms with Gasteiger partial charge in [0, 0.05) is 12.8 Å². The molecule has 7 heteroatoms. The minimum absolute atomic E-state index is 0.0263. The van der Waals surface area contributed by atoms with Crippen LogP contribution >= 0.6 is 0 Å². The van der Waals surface area contributed by atoms with Crippen LogP contribution in [0.15, 0.2) is 47.1 Å². The number of allylic oxidation sites excluding steroid dienone is 5. The molecule has 2 saturated carbocycles. The first-order valence-electron chi connectivity index (χ1n) is 19.4. The number of ether oxygens (including phenoxy) is 2. The molecule has 2 fully saturated rings. The molecule has 0 bridgehead atoms. The zero-order valence-electron chi connectivity index (χ0n) is 34.4. The third-order valence-electron chi connectivity index (χ3n) is 13.4. The summed E-state index contributed by atoms with van der Waals surface area (Å²) in [6, 6.07) is 0. The van der Waals surface area contributed by atoms with Gasteiger partial charge in [0.15, 0.2) is 22.4 Å². The monoisotopic (exact) mass is 715 g/mol. The first kappa shape index (κ1) is 42.2. The van der Waals surface area contributed by atoms with Gasteiger partial charge in [-0.05, 0) is 111 Å². The molecule has 3 aliphatic carbocycles. The van der Waals surface area contributed by atoms with E-state index in [1.54, 1.807) is 11.1 Å². The second-order valence-electron chi connectivity index (χ2n) is 18.9. The molecule has 0 N–H and O–H groups in total. The van der Waals surface area contributed by atoms with Crippen LogP contribution in [-0.4, -0.2) is 46.7 Å². The molecule has 0 heterocycles. The van der Waals surface area contributed by atoms with E-state index in [2.05, 4.69) is 114 Å². The van der Waals surface area contributed by atoms with Crippen molar-refractivity contribution in [2.75, 3.05) is 6.61 Å². The summed E-state index contributed by atoms with van der Waals surface area (Å²) >= 11 is 0. The van der Waals surface area contributed by atoms with E-state index in [0.29, 0.717) is 18.8 Å². The zero-order valence-corrected chi connectivity index (χ0v) is 36.4. The Morgan fingerprint density at radius 1 is 0.980 bits per heavy atom. The summed E-state index contributed by atoms with van der Waals surface area (Å²) in [5.41, 5.74) is 5.18. The number of carbonyl (C=O) groups excluding carboxylic acids is 1. The maximum atomic E-state index is 13.1. The van der Waals surface area contributed by atoms with Crippen molar-refractivity contribution < 1.29 is 23.1 Å². The van der Waals surface area contributed by atoms with Crippen LogP contribution in [0.5, 0.6) is 0 Å². The van der Waals surface area contributed by atoms with Gasteiger partial charge in [-0.3, -0.25) is 4.79 Å². The highest BCUT2D eigenvalue weighted by Gasteiger charge is 2.52. The first-order chi connectivity index (χ1) is 22.4. The Bertz CT molecular complexity index is 1290. The molecule has 0 unspecified atom stereocenters. The van der Waals surface area contributed by atoms with E-state index in [1.165, 1.54) is 12.8 Å². The fraction of sp³-hybridized carbons (Fsp3) is 0.786. The normalized spacial score (nSPS) is 29.0. The molecule has 5 nitrogen and oxygen atoms in total. The molecule has 4 atom stereocenters. The average Bonchev–Trinajstić information content (AvgIpc) is 3.33. The van der Waals surface area contributed by atoms with Crippen molar-refractivity contribution in [2.45, 2.75) is 194 Å². The summed E-state index contributed by atoms with van der Waals surface area (Å²) in [5, 5.41) is 0.00975. The smallest absolute Gasteiger partial charge is 0.308 e. The summed E-state index contributed by atoms with van der Waals surface area (Å²) in [7, 11) is -4.51. The Morgan fingerprint density at radius 3 is 2.14 bits per heavy atom. The number of carbonyl (C=O) groups is 1. The molecular formula is C42H74O5Si2. The molecule has 0 aromatic carbocycles. The predicted molar refractivity (Wildman–Crippen MR) is 212 cm³/mol. The SMILES string of the molecule is C=C1C(=CC=C2CCC[C@]3(C)C(CC)=CC[C@@H]23)C[C@@](OCCC(=O)OC(C)(CC)CC)(O[Si](C)(C)C(C)(C)C)C[C@@H]1O[Si](C)(C)C(C)(C)C. The highest BCUT2D eigenvalue weighted by atomic mass is 28.4. The molecule has 280 valence electrons. The van der Waals surface area contributed by atoms with E-state index in [1.807, 2.05) is 6.92 Å². The van der Waals surface area contributed by atoms with Crippen molar-refractivity contribution in [3.8, 4) is 0 Å². The Morgan fingerprint density at radius 2 is 1.59 bits per heavy atom. The number of esters is 1. The fourth-order valence-corrected chi connectivity index (χ4v) is 10.2. The van der Waals surface area contributed by atoms with Gasteiger partial charge in [0.05, 0.1) is 19.1 Å². The van der Waals surface area contributed by atoms with Gasteiger partial charge in [-0.15, -0.1) is 0 Å². The van der Waals surface area contributed by atoms with E-state index in [-0.39, 0.29) is 40.6 Å². The minimum Gasteiger partial charge on any atom is -0.459 e. The zero-order chi connectivity index (χ0) is 37.3. The van der Waals surface area contributed by atoms with E-state index in [0.717, 1.165) is 43.3 Å². The second-order valence-corrected chi connectivity index (χ2v) is 28.3. The third kappa shape index (κ3) is 9.60. The lowest BCUT2D eigenvalue weighted by Gasteiger charge is -2.51. The topological polar surface area (TPSA) is 54.0 Å².